The van der Waals surface area contributed by atoms with Crippen molar-refractivity contribution >= 4 is 39.1 Å². The summed E-state index contributed by atoms with van der Waals surface area (Å²) in [6.07, 6.45) is 0. The van der Waals surface area contributed by atoms with E-state index in [0.29, 0.717) is 32.7 Å². The predicted octanol–water partition coefficient (Wildman–Crippen LogP) is 4.17. The Labute approximate surface area is 185 Å². The number of ether oxygens (including phenoxy) is 2. The Morgan fingerprint density at radius 2 is 1.74 bits per heavy atom. The summed E-state index contributed by atoms with van der Waals surface area (Å²) in [5, 5.41) is 9.26. The number of imidazole rings is 1. The molecule has 0 saturated carbocycles. The molecule has 0 aliphatic heterocycles. The molecule has 1 heterocycles. The highest BCUT2D eigenvalue weighted by Crippen LogP contribution is 2.38. The molecule has 0 amide bonds. The fraction of sp³-hybridized carbons (Fsp3) is 0.333. The van der Waals surface area contributed by atoms with E-state index in [4.69, 9.17) is 21.7 Å². The number of aryl methyl sites for hydroxylation is 2. The van der Waals surface area contributed by atoms with Gasteiger partial charge < -0.3 is 24.5 Å². The first kappa shape index (κ1) is 22.8. The number of hydrogen-bond acceptors (Lipinski definition) is 6. The first-order valence-electron chi connectivity index (χ1n) is 9.40. The van der Waals surface area contributed by atoms with Crippen LogP contribution in [0.1, 0.15) is 25.0 Å². The number of carboxylic acid groups (broad SMARTS) is 1. The third kappa shape index (κ3) is 4.17. The van der Waals surface area contributed by atoms with E-state index >= 15 is 0 Å². The minimum Gasteiger partial charge on any atom is -0.495 e. The van der Waals surface area contributed by atoms with E-state index in [1.807, 2.05) is 0 Å². The lowest BCUT2D eigenvalue weighted by molar-refractivity contribution is -0.148. The first-order valence-corrected chi connectivity index (χ1v) is 11.3. The molecular formula is C21H24N2O6S2. The van der Waals surface area contributed by atoms with Gasteiger partial charge >= 0.3 is 5.97 Å². The molecule has 0 aliphatic carbocycles. The summed E-state index contributed by atoms with van der Waals surface area (Å²) in [7, 11) is -2.60. The Kier molecular flexibility index (Phi) is 5.90. The molecule has 3 rings (SSSR count). The number of aromatic nitrogens is 2. The molecular weight excluding hydrogens is 440 g/mol. The zero-order valence-corrected chi connectivity index (χ0v) is 19.5. The van der Waals surface area contributed by atoms with Gasteiger partial charge in [-0.3, -0.25) is 4.79 Å². The number of aromatic amines is 2. The molecule has 0 aliphatic rings. The Balaban J connectivity index is 2.12. The van der Waals surface area contributed by atoms with Crippen molar-refractivity contribution in [3.63, 3.8) is 0 Å². The number of H-pyrrole nitrogens is 2. The van der Waals surface area contributed by atoms with Crippen LogP contribution in [0.3, 0.4) is 0 Å². The topological polar surface area (TPSA) is 121 Å². The van der Waals surface area contributed by atoms with Gasteiger partial charge in [0.1, 0.15) is 23.0 Å². The number of carbonyl (C=O) groups is 1. The number of benzene rings is 2. The standard InChI is InChI=1S/C21H24N2O6S2/c1-11-8-13(29-10-21(3,4)19(24)25)9-12(2)17(11)31(26,27)18-15(28-5)7-6-14-16(18)23-20(30)22-14/h6-9H,10H2,1-5H3,(H,24,25)(H2,22,23,30). The predicted molar refractivity (Wildman–Crippen MR) is 118 cm³/mol. The number of hydrogen-bond donors (Lipinski definition) is 3. The highest BCUT2D eigenvalue weighted by atomic mass is 32.2. The van der Waals surface area contributed by atoms with Gasteiger partial charge in [0.25, 0.3) is 0 Å². The number of methoxy groups -OCH3 is 1. The fourth-order valence-corrected chi connectivity index (χ4v) is 5.56. The number of aliphatic carboxylic acids is 1. The fourth-order valence-electron chi connectivity index (χ4n) is 3.33. The van der Waals surface area contributed by atoms with Gasteiger partial charge in [0, 0.05) is 0 Å². The summed E-state index contributed by atoms with van der Waals surface area (Å²) in [6, 6.07) is 6.44. The maximum Gasteiger partial charge on any atom is 0.312 e. The molecule has 0 atom stereocenters. The first-order chi connectivity index (χ1) is 14.4. The lowest BCUT2D eigenvalue weighted by Gasteiger charge is -2.21. The molecule has 0 saturated heterocycles. The molecule has 3 N–H and O–H groups in total. The van der Waals surface area contributed by atoms with Crippen molar-refractivity contribution in [2.45, 2.75) is 37.5 Å². The van der Waals surface area contributed by atoms with E-state index in [9.17, 15) is 18.3 Å². The van der Waals surface area contributed by atoms with Crippen molar-refractivity contribution in [3.8, 4) is 11.5 Å². The second-order valence-corrected chi connectivity index (χ2v) is 10.2. The van der Waals surface area contributed by atoms with Crippen molar-refractivity contribution in [1.29, 1.82) is 0 Å². The van der Waals surface area contributed by atoms with E-state index in [1.54, 1.807) is 52.0 Å². The van der Waals surface area contributed by atoms with Crippen LogP contribution in [0.5, 0.6) is 11.5 Å². The Hall–Kier alpha value is -2.85. The average molecular weight is 465 g/mol. The lowest BCUT2D eigenvalue weighted by Crippen LogP contribution is -2.30. The summed E-state index contributed by atoms with van der Waals surface area (Å²) in [5.74, 6) is -0.390. The van der Waals surface area contributed by atoms with Crippen molar-refractivity contribution < 1.29 is 27.8 Å². The second kappa shape index (κ2) is 8.01. The van der Waals surface area contributed by atoms with Gasteiger partial charge in [-0.15, -0.1) is 0 Å². The maximum atomic E-state index is 13.7. The Morgan fingerprint density at radius 3 is 2.29 bits per heavy atom. The SMILES string of the molecule is COc1ccc2[nH]c(=S)[nH]c2c1S(=O)(=O)c1c(C)cc(OCC(C)(C)C(=O)O)cc1C. The monoisotopic (exact) mass is 464 g/mol. The van der Waals surface area contributed by atoms with E-state index < -0.39 is 21.2 Å². The van der Waals surface area contributed by atoms with Crippen LogP contribution in [0.2, 0.25) is 0 Å². The molecule has 166 valence electrons. The normalized spacial score (nSPS) is 12.2. The van der Waals surface area contributed by atoms with Crippen LogP contribution in [0.4, 0.5) is 0 Å². The number of sulfone groups is 1. The van der Waals surface area contributed by atoms with Gasteiger partial charge in [-0.1, -0.05) is 0 Å². The Bertz CT molecular complexity index is 1310. The van der Waals surface area contributed by atoms with Crippen molar-refractivity contribution in [1.82, 2.24) is 9.97 Å². The van der Waals surface area contributed by atoms with E-state index in [0.717, 1.165) is 0 Å². The summed E-state index contributed by atoms with van der Waals surface area (Å²) in [4.78, 5) is 17.2. The van der Waals surface area contributed by atoms with Crippen LogP contribution < -0.4 is 9.47 Å². The minimum atomic E-state index is -4.00. The van der Waals surface area contributed by atoms with Crippen LogP contribution in [-0.4, -0.2) is 43.2 Å². The van der Waals surface area contributed by atoms with E-state index in [1.165, 1.54) is 7.11 Å². The quantitative estimate of drug-likeness (QED) is 0.449. The van der Waals surface area contributed by atoms with E-state index in [2.05, 4.69) is 9.97 Å². The summed E-state index contributed by atoms with van der Waals surface area (Å²) in [5.41, 5.74) is 0.747. The summed E-state index contributed by atoms with van der Waals surface area (Å²) in [6.45, 7) is 6.39. The highest BCUT2D eigenvalue weighted by Gasteiger charge is 2.31. The van der Waals surface area contributed by atoms with Gasteiger partial charge in [-0.25, -0.2) is 8.42 Å². The summed E-state index contributed by atoms with van der Waals surface area (Å²) >= 11 is 5.13. The van der Waals surface area contributed by atoms with Crippen LogP contribution in [0.25, 0.3) is 11.0 Å². The molecule has 0 spiro atoms. The van der Waals surface area contributed by atoms with Gasteiger partial charge in [0.2, 0.25) is 9.84 Å². The zero-order chi connectivity index (χ0) is 23.1. The third-order valence-corrected chi connectivity index (χ3v) is 7.31. The van der Waals surface area contributed by atoms with Crippen LogP contribution in [0, 0.1) is 24.0 Å². The number of carboxylic acids is 1. The molecule has 10 heteroatoms. The average Bonchev–Trinajstić information content (AvgIpc) is 3.04. The second-order valence-electron chi connectivity index (χ2n) is 7.97. The number of fused-ring (bicyclic) bond motifs is 1. The highest BCUT2D eigenvalue weighted by molar-refractivity contribution is 7.92. The van der Waals surface area contributed by atoms with Crippen LogP contribution in [-0.2, 0) is 14.6 Å². The molecule has 3 aromatic rings. The molecule has 0 bridgehead atoms. The minimum absolute atomic E-state index is 0.00766. The van der Waals surface area contributed by atoms with Gasteiger partial charge in [-0.2, -0.15) is 0 Å². The smallest absolute Gasteiger partial charge is 0.312 e. The van der Waals surface area contributed by atoms with Crippen LogP contribution >= 0.6 is 12.2 Å². The molecule has 0 unspecified atom stereocenters. The molecule has 1 aromatic heterocycles. The van der Waals surface area contributed by atoms with Crippen molar-refractivity contribution in [2.24, 2.45) is 5.41 Å². The zero-order valence-electron chi connectivity index (χ0n) is 17.8. The molecule has 0 fully saturated rings. The molecule has 0 radical (unpaired) electrons. The Morgan fingerprint density at radius 1 is 1.13 bits per heavy atom. The molecule has 2 aromatic carbocycles. The van der Waals surface area contributed by atoms with Crippen LogP contribution in [0.15, 0.2) is 34.1 Å². The van der Waals surface area contributed by atoms with Crippen molar-refractivity contribution in [3.05, 3.63) is 40.2 Å². The van der Waals surface area contributed by atoms with Crippen molar-refractivity contribution in [2.75, 3.05) is 13.7 Å². The van der Waals surface area contributed by atoms with Gasteiger partial charge in [-0.05, 0) is 75.3 Å². The van der Waals surface area contributed by atoms with E-state index in [-0.39, 0.29) is 22.1 Å². The maximum absolute atomic E-state index is 13.7. The van der Waals surface area contributed by atoms with Gasteiger partial charge in [0.05, 0.1) is 28.5 Å². The summed E-state index contributed by atoms with van der Waals surface area (Å²) < 4.78 is 38.8. The van der Waals surface area contributed by atoms with Gasteiger partial charge in [0.15, 0.2) is 4.77 Å². The lowest BCUT2D eigenvalue weighted by atomic mass is 9.95. The number of rotatable bonds is 7. The number of nitrogens with one attached hydrogen (secondary N) is 2. The largest absolute Gasteiger partial charge is 0.495 e. The molecule has 31 heavy (non-hydrogen) atoms. The third-order valence-electron chi connectivity index (χ3n) is 4.98. The molecule has 8 nitrogen and oxygen atoms in total.